The smallest absolute Gasteiger partial charge is 0.220 e. The van der Waals surface area contributed by atoms with Crippen molar-refractivity contribution < 1.29 is 39.8 Å². The van der Waals surface area contributed by atoms with Crippen LogP contribution in [0.3, 0.4) is 0 Å². The minimum atomic E-state index is -1.56. The molecule has 1 heterocycles. The molecule has 1 fully saturated rings. The van der Waals surface area contributed by atoms with Crippen LogP contribution in [-0.4, -0.2) is 87.5 Å². The summed E-state index contributed by atoms with van der Waals surface area (Å²) in [4.78, 5) is 13.1. The maximum Gasteiger partial charge on any atom is 0.220 e. The van der Waals surface area contributed by atoms with Crippen LogP contribution in [0, 0.1) is 0 Å². The number of aliphatic hydroxyl groups is 5. The number of hydrogen-bond donors (Lipinski definition) is 6. The Morgan fingerprint density at radius 1 is 0.455 bits per heavy atom. The lowest BCUT2D eigenvalue weighted by atomic mass is 9.99. The second-order valence-electron chi connectivity index (χ2n) is 20.8. The Kier molecular flexibility index (Phi) is 51.5. The molecule has 9 heteroatoms. The van der Waals surface area contributed by atoms with E-state index < -0.39 is 49.5 Å². The molecule has 1 aliphatic rings. The summed E-state index contributed by atoms with van der Waals surface area (Å²) in [5, 5.41) is 54.6. The number of hydrogen-bond acceptors (Lipinski definition) is 8. The molecule has 1 amide bonds. The van der Waals surface area contributed by atoms with Crippen molar-refractivity contribution in [3.8, 4) is 0 Å². The summed E-state index contributed by atoms with van der Waals surface area (Å²) in [5.41, 5.74) is 0. The Morgan fingerprint density at radius 3 is 1.19 bits per heavy atom. The molecule has 7 unspecified atom stereocenters. The predicted molar refractivity (Wildman–Crippen MR) is 327 cm³/mol. The molecule has 1 rings (SSSR count). The number of allylic oxidation sites excluding steroid dienone is 22. The lowest BCUT2D eigenvalue weighted by Crippen LogP contribution is -2.60. The molecule has 0 radical (unpaired) electrons. The van der Waals surface area contributed by atoms with Gasteiger partial charge in [0, 0.05) is 6.42 Å². The first kappa shape index (κ1) is 71.3. The van der Waals surface area contributed by atoms with Gasteiger partial charge in [0.2, 0.25) is 5.91 Å². The number of rotatable bonds is 51. The number of aliphatic hydroxyl groups excluding tert-OH is 5. The highest BCUT2D eigenvalue weighted by molar-refractivity contribution is 5.76. The molecule has 9 nitrogen and oxygen atoms in total. The average molecular weight is 1070 g/mol. The van der Waals surface area contributed by atoms with Gasteiger partial charge in [-0.3, -0.25) is 4.79 Å². The van der Waals surface area contributed by atoms with Crippen molar-refractivity contribution >= 4 is 5.91 Å². The van der Waals surface area contributed by atoms with Crippen molar-refractivity contribution in [2.24, 2.45) is 0 Å². The number of amides is 1. The molecule has 6 N–H and O–H groups in total. The lowest BCUT2D eigenvalue weighted by Gasteiger charge is -2.40. The van der Waals surface area contributed by atoms with E-state index in [0.29, 0.717) is 12.8 Å². The van der Waals surface area contributed by atoms with E-state index >= 15 is 0 Å². The quantitative estimate of drug-likeness (QED) is 0.0261. The maximum atomic E-state index is 13.1. The van der Waals surface area contributed by atoms with Crippen LogP contribution in [0.25, 0.3) is 0 Å². The van der Waals surface area contributed by atoms with E-state index in [1.165, 1.54) is 83.5 Å². The average Bonchev–Trinajstić information content (AvgIpc) is 3.43. The van der Waals surface area contributed by atoms with E-state index in [-0.39, 0.29) is 12.5 Å². The Morgan fingerprint density at radius 2 is 0.805 bits per heavy atom. The van der Waals surface area contributed by atoms with Gasteiger partial charge >= 0.3 is 0 Å². The number of ether oxygens (including phenoxy) is 2. The third-order valence-corrected chi connectivity index (χ3v) is 13.8. The molecule has 0 bridgehead atoms. The molecule has 438 valence electrons. The van der Waals surface area contributed by atoms with Gasteiger partial charge < -0.3 is 40.3 Å². The van der Waals surface area contributed by atoms with Gasteiger partial charge in [-0.05, 0) is 96.3 Å². The SMILES string of the molecule is CC/C=C\C/C=C\C/C=C\C/C=C\C/C=C\C/C=C\C/C=C\C/C=C\C/C=C\C/C=C\C/C=C\CCCCCCCCCC(=O)NC(COC1OC(CO)C(O)C(O)C1O)C(O)CCCCCCCCCCCCCCC. The molecule has 0 aromatic heterocycles. The Hall–Kier alpha value is -3.67. The van der Waals surface area contributed by atoms with Gasteiger partial charge in [0.1, 0.15) is 24.4 Å². The summed E-state index contributed by atoms with van der Waals surface area (Å²) in [6.45, 7) is 3.70. The summed E-state index contributed by atoms with van der Waals surface area (Å²) < 4.78 is 11.3. The Bertz CT molecular complexity index is 1670. The molecule has 77 heavy (non-hydrogen) atoms. The molecule has 0 aromatic carbocycles. The van der Waals surface area contributed by atoms with Crippen molar-refractivity contribution in [1.29, 1.82) is 0 Å². The first-order valence-electron chi connectivity index (χ1n) is 30.9. The topological polar surface area (TPSA) is 149 Å². The van der Waals surface area contributed by atoms with Crippen LogP contribution in [0.2, 0.25) is 0 Å². The van der Waals surface area contributed by atoms with Crippen LogP contribution in [0.1, 0.15) is 232 Å². The van der Waals surface area contributed by atoms with E-state index in [1.807, 2.05) is 0 Å². The van der Waals surface area contributed by atoms with Gasteiger partial charge in [-0.1, -0.05) is 263 Å². The molecule has 0 aromatic rings. The zero-order valence-corrected chi connectivity index (χ0v) is 48.7. The number of nitrogens with one attached hydrogen (secondary N) is 1. The number of unbranched alkanes of at least 4 members (excludes halogenated alkanes) is 19. The molecule has 0 spiro atoms. The fourth-order valence-electron chi connectivity index (χ4n) is 8.93. The van der Waals surface area contributed by atoms with Gasteiger partial charge in [0.15, 0.2) is 6.29 Å². The Labute approximate surface area is 471 Å². The van der Waals surface area contributed by atoms with Crippen LogP contribution in [-0.2, 0) is 14.3 Å². The van der Waals surface area contributed by atoms with Crippen molar-refractivity contribution in [3.05, 3.63) is 134 Å². The summed E-state index contributed by atoms with van der Waals surface area (Å²) in [6.07, 6.45) is 77.7. The van der Waals surface area contributed by atoms with Gasteiger partial charge in [-0.25, -0.2) is 0 Å². The second kappa shape index (κ2) is 55.6. The minimum absolute atomic E-state index is 0.149. The monoisotopic (exact) mass is 1070 g/mol. The number of carbonyl (C=O) groups is 1. The van der Waals surface area contributed by atoms with Gasteiger partial charge in [0.05, 0.1) is 25.4 Å². The first-order valence-corrected chi connectivity index (χ1v) is 30.9. The fourth-order valence-corrected chi connectivity index (χ4v) is 8.93. The highest BCUT2D eigenvalue weighted by Gasteiger charge is 2.44. The van der Waals surface area contributed by atoms with Crippen molar-refractivity contribution in [3.63, 3.8) is 0 Å². The molecule has 0 aliphatic carbocycles. The summed E-state index contributed by atoms with van der Waals surface area (Å²) in [5.74, 6) is -0.161. The van der Waals surface area contributed by atoms with E-state index in [2.05, 4.69) is 153 Å². The van der Waals surface area contributed by atoms with Gasteiger partial charge in [0.25, 0.3) is 0 Å². The van der Waals surface area contributed by atoms with Crippen LogP contribution >= 0.6 is 0 Å². The second-order valence-corrected chi connectivity index (χ2v) is 20.8. The minimum Gasteiger partial charge on any atom is -0.394 e. The van der Waals surface area contributed by atoms with E-state index in [0.717, 1.165) is 122 Å². The van der Waals surface area contributed by atoms with Gasteiger partial charge in [-0.15, -0.1) is 0 Å². The van der Waals surface area contributed by atoms with Crippen molar-refractivity contribution in [2.75, 3.05) is 13.2 Å². The van der Waals surface area contributed by atoms with E-state index in [9.17, 15) is 30.3 Å². The summed E-state index contributed by atoms with van der Waals surface area (Å²) in [6, 6.07) is -0.733. The maximum absolute atomic E-state index is 13.1. The third-order valence-electron chi connectivity index (χ3n) is 13.8. The molecule has 7 atom stereocenters. The lowest BCUT2D eigenvalue weighted by molar-refractivity contribution is -0.302. The van der Waals surface area contributed by atoms with E-state index in [1.54, 1.807) is 0 Å². The summed E-state index contributed by atoms with van der Waals surface area (Å²) >= 11 is 0. The van der Waals surface area contributed by atoms with Crippen molar-refractivity contribution in [2.45, 2.75) is 275 Å². The fraction of sp³-hybridized carbons (Fsp3) is 0.662. The van der Waals surface area contributed by atoms with Crippen LogP contribution in [0.4, 0.5) is 0 Å². The highest BCUT2D eigenvalue weighted by atomic mass is 16.7. The number of carbonyl (C=O) groups excluding carboxylic acids is 1. The first-order chi connectivity index (χ1) is 37.8. The van der Waals surface area contributed by atoms with Crippen LogP contribution < -0.4 is 5.32 Å². The molecule has 1 saturated heterocycles. The molecular weight excluding hydrogens is 959 g/mol. The standard InChI is InChI=1S/C68H113NO8/c1-3-5-7-9-11-13-15-17-18-19-20-21-22-23-24-25-26-27-28-29-30-31-32-33-34-35-36-37-38-39-40-41-42-43-44-46-48-50-52-54-56-58-64(72)69-61(60-76-68-67(75)66(74)65(73)63(59-70)77-68)62(71)57-55-53-51-49-47-45-16-14-12-10-8-6-4-2/h5,7,11,13,17-18,20-21,23-24,26-27,29-30,32-33,35-36,38-39,41-42,61-63,65-68,70-71,73-75H,3-4,6,8-10,12,14-16,19,22,25,28,31,34,37,40,43-60H2,1-2H3,(H,69,72)/b7-5-,13-11-,18-17-,21-20-,24-23-,27-26-,30-29-,33-32-,36-35-,39-38-,42-41-. The molecule has 1 aliphatic heterocycles. The van der Waals surface area contributed by atoms with Crippen LogP contribution in [0.5, 0.6) is 0 Å². The largest absolute Gasteiger partial charge is 0.394 e. The van der Waals surface area contributed by atoms with E-state index in [4.69, 9.17) is 9.47 Å². The zero-order valence-electron chi connectivity index (χ0n) is 48.7. The van der Waals surface area contributed by atoms with Gasteiger partial charge in [-0.2, -0.15) is 0 Å². The Balaban J connectivity index is 2.14. The van der Waals surface area contributed by atoms with Crippen molar-refractivity contribution in [1.82, 2.24) is 5.32 Å². The molecular formula is C68H113NO8. The molecule has 0 saturated carbocycles. The summed E-state index contributed by atoms with van der Waals surface area (Å²) in [7, 11) is 0. The predicted octanol–water partition coefficient (Wildman–Crippen LogP) is 16.1. The highest BCUT2D eigenvalue weighted by Crippen LogP contribution is 2.23. The third kappa shape index (κ3) is 44.8. The van der Waals surface area contributed by atoms with Crippen LogP contribution in [0.15, 0.2) is 134 Å². The zero-order chi connectivity index (χ0) is 55.8. The normalized spacial score (nSPS) is 19.7.